The number of hydrogen-bond acceptors (Lipinski definition) is 7. The van der Waals surface area contributed by atoms with Crippen LogP contribution in [-0.4, -0.2) is 42.6 Å². The molecule has 8 nitrogen and oxygen atoms in total. The predicted molar refractivity (Wildman–Crippen MR) is 130 cm³/mol. The van der Waals surface area contributed by atoms with Crippen molar-refractivity contribution in [2.75, 3.05) is 5.75 Å². The van der Waals surface area contributed by atoms with Crippen molar-refractivity contribution in [1.29, 1.82) is 0 Å². The van der Waals surface area contributed by atoms with Crippen LogP contribution >= 0.6 is 11.8 Å². The lowest BCUT2D eigenvalue weighted by Gasteiger charge is -2.19. The molecule has 5 rings (SSSR count). The smallest absolute Gasteiger partial charge is 0.253 e. The number of rotatable bonds is 6. The molecule has 1 aliphatic rings. The van der Waals surface area contributed by atoms with Crippen LogP contribution in [0, 0.1) is 20.8 Å². The Morgan fingerprint density at radius 1 is 1.06 bits per heavy atom. The van der Waals surface area contributed by atoms with Crippen molar-refractivity contribution < 1.29 is 9.21 Å². The number of carbonyl (C=O) groups excluding carboxylic acids is 1. The Morgan fingerprint density at radius 3 is 2.53 bits per heavy atom. The third kappa shape index (κ3) is 4.26. The van der Waals surface area contributed by atoms with E-state index in [0.717, 1.165) is 28.1 Å². The maximum atomic E-state index is 13.3. The van der Waals surface area contributed by atoms with E-state index in [2.05, 4.69) is 15.5 Å². The SMILES string of the molecule is Cc1ccc(C2=NN(C(=O)CSc3nnnn3-c3c(C)cccc3C)[C@@H](c3ccco3)C2)cc1. The largest absolute Gasteiger partial charge is 0.467 e. The molecule has 2 aromatic heterocycles. The fraction of sp³-hybridized carbons (Fsp3) is 0.240. The Hall–Kier alpha value is -3.72. The van der Waals surface area contributed by atoms with Gasteiger partial charge in [-0.1, -0.05) is 59.8 Å². The molecule has 172 valence electrons. The highest BCUT2D eigenvalue weighted by Gasteiger charge is 2.35. The fourth-order valence-corrected chi connectivity index (χ4v) is 4.83. The maximum absolute atomic E-state index is 13.3. The van der Waals surface area contributed by atoms with Gasteiger partial charge in [-0.2, -0.15) is 9.78 Å². The molecule has 34 heavy (non-hydrogen) atoms. The van der Waals surface area contributed by atoms with Crippen LogP contribution in [0.25, 0.3) is 5.69 Å². The van der Waals surface area contributed by atoms with E-state index in [1.54, 1.807) is 10.9 Å². The number of hydrogen-bond donors (Lipinski definition) is 0. The predicted octanol–water partition coefficient (Wildman–Crippen LogP) is 4.65. The highest BCUT2D eigenvalue weighted by molar-refractivity contribution is 7.99. The van der Waals surface area contributed by atoms with Gasteiger partial charge in [-0.25, -0.2) is 5.01 Å². The quantitative estimate of drug-likeness (QED) is 0.380. The Bertz CT molecular complexity index is 1320. The first-order valence-corrected chi connectivity index (χ1v) is 12.0. The van der Waals surface area contributed by atoms with Crippen LogP contribution in [-0.2, 0) is 4.79 Å². The highest BCUT2D eigenvalue weighted by atomic mass is 32.2. The van der Waals surface area contributed by atoms with E-state index in [1.807, 2.05) is 75.4 Å². The molecule has 0 bridgehead atoms. The summed E-state index contributed by atoms with van der Waals surface area (Å²) < 4.78 is 7.34. The molecule has 0 spiro atoms. The summed E-state index contributed by atoms with van der Waals surface area (Å²) in [4.78, 5) is 13.3. The minimum absolute atomic E-state index is 0.135. The van der Waals surface area contributed by atoms with E-state index in [0.29, 0.717) is 17.3 Å². The molecule has 2 aromatic carbocycles. The van der Waals surface area contributed by atoms with Gasteiger partial charge < -0.3 is 4.42 Å². The van der Waals surface area contributed by atoms with Gasteiger partial charge in [0.2, 0.25) is 5.16 Å². The Morgan fingerprint density at radius 2 is 1.82 bits per heavy atom. The number of aromatic nitrogens is 4. The molecular formula is C25H24N6O2S. The van der Waals surface area contributed by atoms with Gasteiger partial charge in [0.1, 0.15) is 11.8 Å². The number of para-hydroxylation sites is 1. The van der Waals surface area contributed by atoms with Crippen LogP contribution < -0.4 is 0 Å². The standard InChI is InChI=1S/C25H24N6O2S/c1-16-9-11-19(12-10-16)20-14-21(22-8-5-13-33-22)30(27-20)23(32)15-34-25-26-28-29-31(25)24-17(2)6-4-7-18(24)3/h4-13,21H,14-15H2,1-3H3/t21-/m1/s1. The Kier molecular flexibility index (Phi) is 6.02. The van der Waals surface area contributed by atoms with Crippen LogP contribution in [0.1, 0.15) is 40.5 Å². The van der Waals surface area contributed by atoms with Gasteiger partial charge >= 0.3 is 0 Å². The normalized spacial score (nSPS) is 15.6. The average Bonchev–Trinajstić information content (AvgIpc) is 3.58. The van der Waals surface area contributed by atoms with Crippen LogP contribution in [0.4, 0.5) is 0 Å². The fourth-order valence-electron chi connectivity index (χ4n) is 4.10. The zero-order chi connectivity index (χ0) is 23.7. The molecule has 0 aliphatic carbocycles. The number of aryl methyl sites for hydroxylation is 3. The number of benzene rings is 2. The average molecular weight is 473 g/mol. The Balaban J connectivity index is 1.38. The summed E-state index contributed by atoms with van der Waals surface area (Å²) in [6.07, 6.45) is 2.21. The van der Waals surface area contributed by atoms with Gasteiger partial charge in [0, 0.05) is 6.42 Å². The highest BCUT2D eigenvalue weighted by Crippen LogP contribution is 2.34. The molecule has 0 N–H and O–H groups in total. The van der Waals surface area contributed by atoms with Crippen molar-refractivity contribution in [2.45, 2.75) is 38.4 Å². The summed E-state index contributed by atoms with van der Waals surface area (Å²) in [6, 6.07) is 17.6. The monoisotopic (exact) mass is 472 g/mol. The van der Waals surface area contributed by atoms with Gasteiger partial charge in [-0.05, 0) is 60.0 Å². The van der Waals surface area contributed by atoms with Crippen molar-refractivity contribution in [3.05, 3.63) is 88.9 Å². The van der Waals surface area contributed by atoms with E-state index in [4.69, 9.17) is 9.52 Å². The van der Waals surface area contributed by atoms with Crippen LogP contribution in [0.15, 0.2) is 75.5 Å². The lowest BCUT2D eigenvalue weighted by Crippen LogP contribution is -2.28. The van der Waals surface area contributed by atoms with E-state index in [-0.39, 0.29) is 17.7 Å². The molecule has 1 atom stereocenters. The van der Waals surface area contributed by atoms with Gasteiger partial charge in [-0.3, -0.25) is 4.79 Å². The molecule has 0 saturated carbocycles. The maximum Gasteiger partial charge on any atom is 0.253 e. The molecule has 0 radical (unpaired) electrons. The first-order valence-electron chi connectivity index (χ1n) is 11.0. The minimum Gasteiger partial charge on any atom is -0.467 e. The first-order chi connectivity index (χ1) is 16.5. The summed E-state index contributed by atoms with van der Waals surface area (Å²) in [5, 5.41) is 19.0. The van der Waals surface area contributed by atoms with Crippen LogP contribution in [0.2, 0.25) is 0 Å². The van der Waals surface area contributed by atoms with Crippen molar-refractivity contribution >= 4 is 23.4 Å². The number of amides is 1. The van der Waals surface area contributed by atoms with E-state index in [9.17, 15) is 4.79 Å². The number of nitrogens with zero attached hydrogens (tertiary/aromatic N) is 6. The van der Waals surface area contributed by atoms with Crippen molar-refractivity contribution in [3.63, 3.8) is 0 Å². The van der Waals surface area contributed by atoms with Crippen molar-refractivity contribution in [1.82, 2.24) is 25.2 Å². The molecule has 1 aliphatic heterocycles. The lowest BCUT2D eigenvalue weighted by molar-refractivity contribution is -0.130. The summed E-state index contributed by atoms with van der Waals surface area (Å²) >= 11 is 1.29. The summed E-state index contributed by atoms with van der Waals surface area (Å²) in [5.74, 6) is 0.724. The second-order valence-electron chi connectivity index (χ2n) is 8.29. The van der Waals surface area contributed by atoms with E-state index in [1.165, 1.54) is 22.3 Å². The number of thioether (sulfide) groups is 1. The molecule has 3 heterocycles. The third-order valence-electron chi connectivity index (χ3n) is 5.84. The third-order valence-corrected chi connectivity index (χ3v) is 6.74. The topological polar surface area (TPSA) is 89.4 Å². The lowest BCUT2D eigenvalue weighted by atomic mass is 10.0. The van der Waals surface area contributed by atoms with Crippen LogP contribution in [0.3, 0.4) is 0 Å². The zero-order valence-corrected chi connectivity index (χ0v) is 20.0. The number of furan rings is 1. The first kappa shape index (κ1) is 22.1. The second kappa shape index (κ2) is 9.26. The van der Waals surface area contributed by atoms with E-state index < -0.39 is 0 Å². The van der Waals surface area contributed by atoms with Crippen molar-refractivity contribution in [3.8, 4) is 5.69 Å². The second-order valence-corrected chi connectivity index (χ2v) is 9.23. The molecule has 9 heteroatoms. The molecule has 0 unspecified atom stereocenters. The number of tetrazole rings is 1. The molecule has 4 aromatic rings. The summed E-state index contributed by atoms with van der Waals surface area (Å²) in [7, 11) is 0. The van der Waals surface area contributed by atoms with E-state index >= 15 is 0 Å². The summed E-state index contributed by atoms with van der Waals surface area (Å²) in [5.41, 5.74) is 6.09. The van der Waals surface area contributed by atoms with Gasteiger partial charge in [0.05, 0.1) is 23.4 Å². The van der Waals surface area contributed by atoms with Crippen LogP contribution in [0.5, 0.6) is 0 Å². The Labute approximate surface area is 201 Å². The molecular weight excluding hydrogens is 448 g/mol. The minimum atomic E-state index is -0.283. The zero-order valence-electron chi connectivity index (χ0n) is 19.2. The molecule has 1 amide bonds. The van der Waals surface area contributed by atoms with Gasteiger partial charge in [-0.15, -0.1) is 5.10 Å². The molecule has 0 saturated heterocycles. The number of carbonyl (C=O) groups is 1. The van der Waals surface area contributed by atoms with Gasteiger partial charge in [0.25, 0.3) is 5.91 Å². The summed E-state index contributed by atoms with van der Waals surface area (Å²) in [6.45, 7) is 6.08. The van der Waals surface area contributed by atoms with Crippen molar-refractivity contribution in [2.24, 2.45) is 5.10 Å². The molecule has 0 fully saturated rings. The van der Waals surface area contributed by atoms with Gasteiger partial charge in [0.15, 0.2) is 0 Å². The number of hydrazone groups is 1.